The lowest BCUT2D eigenvalue weighted by molar-refractivity contribution is 0.0766. The molecule has 2 atom stereocenters. The van der Waals surface area contributed by atoms with Gasteiger partial charge in [0.15, 0.2) is 11.0 Å². The maximum absolute atomic E-state index is 13.2. The van der Waals surface area contributed by atoms with Crippen LogP contribution in [0, 0.1) is 0 Å². The Kier molecular flexibility index (Phi) is 5.34. The number of carbonyl (C=O) groups excluding carboxylic acids is 1. The predicted molar refractivity (Wildman–Crippen MR) is 107 cm³/mol. The lowest BCUT2D eigenvalue weighted by Crippen LogP contribution is -2.49. The molecular formula is C20H27N5OS. The number of fused-ring (bicyclic) bond motifs is 1. The van der Waals surface area contributed by atoms with Gasteiger partial charge in [0.1, 0.15) is 5.25 Å². The molecule has 2 aliphatic rings. The average molecular weight is 386 g/mol. The van der Waals surface area contributed by atoms with Crippen LogP contribution in [-0.2, 0) is 12.8 Å². The van der Waals surface area contributed by atoms with Gasteiger partial charge in [0, 0.05) is 32.6 Å². The Hall–Kier alpha value is -1.70. The van der Waals surface area contributed by atoms with Crippen LogP contribution in [0.2, 0.25) is 0 Å². The smallest absolute Gasteiger partial charge is 0.264 e. The predicted octanol–water partition coefficient (Wildman–Crippen LogP) is 2.51. The first-order valence-corrected chi connectivity index (χ1v) is 10.7. The van der Waals surface area contributed by atoms with Crippen molar-refractivity contribution in [2.24, 2.45) is 0 Å². The molecule has 0 radical (unpaired) electrons. The second-order valence-electron chi connectivity index (χ2n) is 7.33. The van der Waals surface area contributed by atoms with E-state index in [9.17, 15) is 4.79 Å². The molecule has 1 fully saturated rings. The number of piperazine rings is 1. The van der Waals surface area contributed by atoms with Gasteiger partial charge in [0.2, 0.25) is 0 Å². The highest BCUT2D eigenvalue weighted by Crippen LogP contribution is 2.41. The van der Waals surface area contributed by atoms with E-state index in [-0.39, 0.29) is 17.2 Å². The van der Waals surface area contributed by atoms with Gasteiger partial charge in [0.25, 0.3) is 5.91 Å². The van der Waals surface area contributed by atoms with Gasteiger partial charge < -0.3 is 4.90 Å². The lowest BCUT2D eigenvalue weighted by Gasteiger charge is -2.39. The van der Waals surface area contributed by atoms with E-state index in [2.05, 4.69) is 58.1 Å². The number of aryl methyl sites for hydroxylation is 2. The highest BCUT2D eigenvalue weighted by atomic mass is 32.2. The second kappa shape index (κ2) is 7.73. The summed E-state index contributed by atoms with van der Waals surface area (Å²) in [5.74, 6) is 0.804. The molecule has 2 aliphatic heterocycles. The van der Waals surface area contributed by atoms with Crippen LogP contribution in [0.3, 0.4) is 0 Å². The molecule has 27 heavy (non-hydrogen) atoms. The molecular weight excluding hydrogens is 358 g/mol. The molecule has 1 aromatic carbocycles. The van der Waals surface area contributed by atoms with E-state index in [0.717, 1.165) is 50.0 Å². The SMILES string of the molecule is CCc1ccc(C(C2Sc3nc(CC)nn3C2=O)N2CCN(C)CC2)cc1. The third-order valence-corrected chi connectivity index (χ3v) is 6.76. The molecule has 0 saturated carbocycles. The fraction of sp³-hybridized carbons (Fsp3) is 0.550. The van der Waals surface area contributed by atoms with Crippen LogP contribution in [0.15, 0.2) is 29.4 Å². The van der Waals surface area contributed by atoms with Crippen LogP contribution in [0.5, 0.6) is 0 Å². The van der Waals surface area contributed by atoms with Crippen LogP contribution >= 0.6 is 11.8 Å². The van der Waals surface area contributed by atoms with E-state index < -0.39 is 0 Å². The Labute approximate surface area is 164 Å². The number of thioether (sulfide) groups is 1. The topological polar surface area (TPSA) is 54.3 Å². The van der Waals surface area contributed by atoms with E-state index in [1.807, 2.05) is 6.92 Å². The van der Waals surface area contributed by atoms with Gasteiger partial charge in [-0.05, 0) is 24.6 Å². The summed E-state index contributed by atoms with van der Waals surface area (Å²) >= 11 is 1.57. The number of benzene rings is 1. The minimum Gasteiger partial charge on any atom is -0.304 e. The van der Waals surface area contributed by atoms with Gasteiger partial charge in [-0.1, -0.05) is 49.9 Å². The summed E-state index contributed by atoms with van der Waals surface area (Å²) in [5, 5.41) is 4.96. The van der Waals surface area contributed by atoms with Gasteiger partial charge in [-0.2, -0.15) is 4.68 Å². The summed E-state index contributed by atoms with van der Waals surface area (Å²) in [6.07, 6.45) is 1.77. The van der Waals surface area contributed by atoms with Crippen molar-refractivity contribution in [3.8, 4) is 0 Å². The van der Waals surface area contributed by atoms with Crippen LogP contribution < -0.4 is 0 Å². The zero-order chi connectivity index (χ0) is 19.0. The van der Waals surface area contributed by atoms with E-state index in [0.29, 0.717) is 0 Å². The molecule has 4 rings (SSSR count). The van der Waals surface area contributed by atoms with Gasteiger partial charge in [-0.25, -0.2) is 4.98 Å². The van der Waals surface area contributed by atoms with Gasteiger partial charge in [0.05, 0.1) is 6.04 Å². The van der Waals surface area contributed by atoms with Crippen LogP contribution in [-0.4, -0.2) is 68.9 Å². The van der Waals surface area contributed by atoms with Crippen molar-refractivity contribution in [2.75, 3.05) is 33.2 Å². The van der Waals surface area contributed by atoms with Crippen LogP contribution in [0.4, 0.5) is 0 Å². The maximum Gasteiger partial charge on any atom is 0.264 e. The fourth-order valence-corrected chi connectivity index (χ4v) is 5.09. The summed E-state index contributed by atoms with van der Waals surface area (Å²) in [6.45, 7) is 8.17. The highest BCUT2D eigenvalue weighted by Gasteiger charge is 2.43. The molecule has 0 amide bonds. The molecule has 2 aromatic rings. The van der Waals surface area contributed by atoms with E-state index >= 15 is 0 Å². The highest BCUT2D eigenvalue weighted by molar-refractivity contribution is 8.00. The standard InChI is InChI=1S/C20H27N5OS/c1-4-14-6-8-15(9-7-14)17(24-12-10-23(3)11-13-24)18-19(26)25-20(27-18)21-16(5-2)22-25/h6-9,17-18H,4-5,10-13H2,1-3H3. The number of hydrogen-bond donors (Lipinski definition) is 0. The summed E-state index contributed by atoms with van der Waals surface area (Å²) in [6, 6.07) is 8.82. The Morgan fingerprint density at radius 2 is 1.81 bits per heavy atom. The first kappa shape index (κ1) is 18.7. The molecule has 0 bridgehead atoms. The zero-order valence-corrected chi connectivity index (χ0v) is 17.1. The molecule has 6 nitrogen and oxygen atoms in total. The van der Waals surface area contributed by atoms with Crippen molar-refractivity contribution < 1.29 is 4.79 Å². The monoisotopic (exact) mass is 385 g/mol. The molecule has 1 saturated heterocycles. The summed E-state index contributed by atoms with van der Waals surface area (Å²) < 4.78 is 1.53. The zero-order valence-electron chi connectivity index (χ0n) is 16.3. The molecule has 0 spiro atoms. The van der Waals surface area contributed by atoms with E-state index in [1.165, 1.54) is 15.8 Å². The Morgan fingerprint density at radius 1 is 1.11 bits per heavy atom. The van der Waals surface area contributed by atoms with Crippen molar-refractivity contribution in [3.05, 3.63) is 41.2 Å². The second-order valence-corrected chi connectivity index (χ2v) is 8.44. The molecule has 7 heteroatoms. The Bertz CT molecular complexity index is 810. The molecule has 2 unspecified atom stereocenters. The molecule has 0 aliphatic carbocycles. The normalized spacial score (nSPS) is 22.2. The summed E-state index contributed by atoms with van der Waals surface area (Å²) in [7, 11) is 2.16. The minimum atomic E-state index is -0.193. The number of rotatable bonds is 5. The number of hydrogen-bond acceptors (Lipinski definition) is 6. The molecule has 1 aromatic heterocycles. The van der Waals surface area contributed by atoms with E-state index in [4.69, 9.17) is 0 Å². The van der Waals surface area contributed by atoms with Crippen molar-refractivity contribution >= 4 is 17.7 Å². The number of likely N-dealkylation sites (N-methyl/N-ethyl adjacent to an activating group) is 1. The minimum absolute atomic E-state index is 0.0516. The summed E-state index contributed by atoms with van der Waals surface area (Å²) in [4.78, 5) is 22.5. The third kappa shape index (κ3) is 3.56. The summed E-state index contributed by atoms with van der Waals surface area (Å²) in [5.41, 5.74) is 2.53. The maximum atomic E-state index is 13.2. The van der Waals surface area contributed by atoms with Crippen molar-refractivity contribution in [1.82, 2.24) is 24.6 Å². The van der Waals surface area contributed by atoms with Crippen molar-refractivity contribution in [2.45, 2.75) is 43.1 Å². The first-order valence-electron chi connectivity index (χ1n) is 9.79. The molecule has 144 valence electrons. The average Bonchev–Trinajstić information content (AvgIpc) is 3.23. The number of nitrogens with zero attached hydrogens (tertiary/aromatic N) is 5. The number of aromatic nitrogens is 3. The third-order valence-electron chi connectivity index (χ3n) is 5.57. The fourth-order valence-electron chi connectivity index (χ4n) is 3.82. The number of carbonyl (C=O) groups is 1. The molecule has 3 heterocycles. The van der Waals surface area contributed by atoms with Crippen molar-refractivity contribution in [1.29, 1.82) is 0 Å². The quantitative estimate of drug-likeness (QED) is 0.788. The molecule has 0 N–H and O–H groups in total. The van der Waals surface area contributed by atoms with E-state index in [1.54, 1.807) is 11.8 Å². The van der Waals surface area contributed by atoms with Crippen LogP contribution in [0.1, 0.15) is 41.6 Å². The van der Waals surface area contributed by atoms with Gasteiger partial charge in [-0.3, -0.25) is 9.69 Å². The Balaban J connectivity index is 1.65. The first-order chi connectivity index (χ1) is 13.1. The van der Waals surface area contributed by atoms with Crippen LogP contribution in [0.25, 0.3) is 0 Å². The Morgan fingerprint density at radius 3 is 2.41 bits per heavy atom. The lowest BCUT2D eigenvalue weighted by atomic mass is 9.98. The van der Waals surface area contributed by atoms with Gasteiger partial charge >= 0.3 is 0 Å². The van der Waals surface area contributed by atoms with Crippen molar-refractivity contribution in [3.63, 3.8) is 0 Å². The van der Waals surface area contributed by atoms with Gasteiger partial charge in [-0.15, -0.1) is 5.10 Å². The largest absolute Gasteiger partial charge is 0.304 e.